The van der Waals surface area contributed by atoms with E-state index in [-0.39, 0.29) is 4.87 Å². The molecule has 0 aromatic rings. The summed E-state index contributed by atoms with van der Waals surface area (Å²) in [6.45, 7) is 6.51. The highest BCUT2D eigenvalue weighted by Crippen LogP contribution is 2.12. The van der Waals surface area contributed by atoms with Crippen LogP contribution in [0.3, 0.4) is 0 Å². The standard InChI is InChI=1S/C9H20N2S2/c1-5-7-9(3,12)11-13-8(6-2)10-4/h11-12H,5-7H2,1-4H3/p+2. The first kappa shape index (κ1) is 13.3. The summed E-state index contributed by atoms with van der Waals surface area (Å²) >= 11 is 6.37. The van der Waals surface area contributed by atoms with Crippen LogP contribution in [0.4, 0.5) is 0 Å². The van der Waals surface area contributed by atoms with Gasteiger partial charge < -0.3 is 0 Å². The van der Waals surface area contributed by atoms with Crippen molar-refractivity contribution in [2.75, 3.05) is 7.05 Å². The lowest BCUT2D eigenvalue weighted by atomic mass is 10.2. The molecule has 4 heteroatoms. The summed E-state index contributed by atoms with van der Waals surface area (Å²) in [6.07, 6.45) is 3.37. The maximum atomic E-state index is 4.60. The lowest BCUT2D eigenvalue weighted by Crippen LogP contribution is -2.89. The molecule has 0 spiro atoms. The maximum Gasteiger partial charge on any atom is 0.265 e. The molecule has 1 atom stereocenters. The molecule has 0 bridgehead atoms. The molecule has 0 aliphatic rings. The number of thiol groups is 1. The first-order valence-electron chi connectivity index (χ1n) is 4.82. The van der Waals surface area contributed by atoms with Gasteiger partial charge in [0.2, 0.25) is 0 Å². The number of hydrogen-bond donors (Lipinski definition) is 3. The van der Waals surface area contributed by atoms with Crippen LogP contribution in [0.5, 0.6) is 0 Å². The Morgan fingerprint density at radius 2 is 2.15 bits per heavy atom. The summed E-state index contributed by atoms with van der Waals surface area (Å²) in [5.74, 6) is 0. The SMILES string of the molecule is CCCC(C)(S)[NH2+]SC(CC)=[NH+]C. The van der Waals surface area contributed by atoms with E-state index in [2.05, 4.69) is 43.1 Å². The normalized spacial score (nSPS) is 17.2. The van der Waals surface area contributed by atoms with Crippen LogP contribution in [-0.4, -0.2) is 17.0 Å². The fraction of sp³-hybridized carbons (Fsp3) is 0.889. The molecule has 0 aliphatic carbocycles. The van der Waals surface area contributed by atoms with Gasteiger partial charge in [-0.25, -0.2) is 4.99 Å². The summed E-state index contributed by atoms with van der Waals surface area (Å²) in [6, 6.07) is 0. The van der Waals surface area contributed by atoms with E-state index >= 15 is 0 Å². The van der Waals surface area contributed by atoms with Crippen molar-refractivity contribution in [2.24, 2.45) is 0 Å². The molecule has 0 saturated carbocycles. The van der Waals surface area contributed by atoms with E-state index in [1.165, 1.54) is 11.5 Å². The van der Waals surface area contributed by atoms with Crippen molar-refractivity contribution in [3.63, 3.8) is 0 Å². The molecular formula is C9H22N2S2+2. The Kier molecular flexibility index (Phi) is 6.91. The van der Waals surface area contributed by atoms with Gasteiger partial charge in [-0.2, -0.15) is 0 Å². The van der Waals surface area contributed by atoms with E-state index in [1.54, 1.807) is 11.9 Å². The van der Waals surface area contributed by atoms with E-state index in [9.17, 15) is 0 Å². The molecule has 3 N–H and O–H groups in total. The van der Waals surface area contributed by atoms with Crippen molar-refractivity contribution in [1.29, 1.82) is 0 Å². The van der Waals surface area contributed by atoms with Gasteiger partial charge in [0.25, 0.3) is 5.04 Å². The topological polar surface area (TPSA) is 30.6 Å². The summed E-state index contributed by atoms with van der Waals surface area (Å²) in [5.41, 5.74) is 0. The van der Waals surface area contributed by atoms with Crippen LogP contribution in [0.15, 0.2) is 0 Å². The Hall–Kier alpha value is 0.330. The van der Waals surface area contributed by atoms with Gasteiger partial charge >= 0.3 is 0 Å². The van der Waals surface area contributed by atoms with Crippen molar-refractivity contribution >= 4 is 29.6 Å². The van der Waals surface area contributed by atoms with Crippen LogP contribution in [0.2, 0.25) is 0 Å². The minimum absolute atomic E-state index is 0.0523. The summed E-state index contributed by atoms with van der Waals surface area (Å²) in [5, 5.41) is 1.30. The van der Waals surface area contributed by atoms with Crippen LogP contribution in [0.1, 0.15) is 40.0 Å². The van der Waals surface area contributed by atoms with E-state index in [1.807, 2.05) is 7.05 Å². The van der Waals surface area contributed by atoms with Crippen LogP contribution >= 0.6 is 24.6 Å². The van der Waals surface area contributed by atoms with E-state index < -0.39 is 0 Å². The van der Waals surface area contributed by atoms with Gasteiger partial charge in [0.05, 0.1) is 0 Å². The largest absolute Gasteiger partial charge is 0.265 e. The lowest BCUT2D eigenvalue weighted by Gasteiger charge is -2.18. The van der Waals surface area contributed by atoms with Gasteiger partial charge in [-0.3, -0.25) is 4.72 Å². The zero-order valence-electron chi connectivity index (χ0n) is 9.05. The van der Waals surface area contributed by atoms with Gasteiger partial charge in [0.15, 0.2) is 11.9 Å². The van der Waals surface area contributed by atoms with Crippen LogP contribution in [0.25, 0.3) is 0 Å². The Labute approximate surface area is 91.5 Å². The van der Waals surface area contributed by atoms with Gasteiger partial charge in [-0.15, -0.1) is 12.6 Å². The molecule has 0 amide bonds. The van der Waals surface area contributed by atoms with E-state index in [4.69, 9.17) is 0 Å². The quantitative estimate of drug-likeness (QED) is 0.200. The second kappa shape index (κ2) is 6.74. The Balaban J connectivity index is 3.85. The predicted molar refractivity (Wildman–Crippen MR) is 64.0 cm³/mol. The predicted octanol–water partition coefficient (Wildman–Crippen LogP) is 0.163. The van der Waals surface area contributed by atoms with Crippen molar-refractivity contribution in [3.8, 4) is 0 Å². The van der Waals surface area contributed by atoms with E-state index in [0.717, 1.165) is 12.8 Å². The monoisotopic (exact) mass is 222 g/mol. The van der Waals surface area contributed by atoms with Gasteiger partial charge in [-0.05, 0) is 6.42 Å². The third-order valence-corrected chi connectivity index (χ3v) is 3.75. The molecule has 13 heavy (non-hydrogen) atoms. The third-order valence-electron chi connectivity index (χ3n) is 1.81. The Morgan fingerprint density at radius 3 is 2.54 bits per heavy atom. The maximum absolute atomic E-state index is 4.60. The minimum Gasteiger partial charge on any atom is -0.262 e. The summed E-state index contributed by atoms with van der Waals surface area (Å²) < 4.78 is 2.22. The van der Waals surface area contributed by atoms with Crippen molar-refractivity contribution < 1.29 is 9.71 Å². The number of hydrogen-bond acceptors (Lipinski definition) is 2. The summed E-state index contributed by atoms with van der Waals surface area (Å²) in [7, 11) is 1.97. The average molecular weight is 222 g/mol. The molecule has 0 aliphatic heterocycles. The van der Waals surface area contributed by atoms with Gasteiger partial charge in [-0.1, -0.05) is 13.8 Å². The Morgan fingerprint density at radius 1 is 1.54 bits per heavy atom. The first-order chi connectivity index (χ1) is 6.05. The zero-order valence-corrected chi connectivity index (χ0v) is 10.8. The average Bonchev–Trinajstić information content (AvgIpc) is 2.06. The molecule has 78 valence electrons. The molecular weight excluding hydrogens is 200 g/mol. The molecule has 0 saturated heterocycles. The molecule has 2 nitrogen and oxygen atoms in total. The van der Waals surface area contributed by atoms with Crippen molar-refractivity contribution in [1.82, 2.24) is 0 Å². The minimum atomic E-state index is 0.0523. The highest BCUT2D eigenvalue weighted by molar-refractivity contribution is 8.08. The first-order valence-corrected chi connectivity index (χ1v) is 6.15. The second-order valence-corrected chi connectivity index (χ2v) is 5.36. The zero-order chi connectivity index (χ0) is 10.3. The van der Waals surface area contributed by atoms with Gasteiger partial charge in [0.1, 0.15) is 11.9 Å². The molecule has 1 unspecified atom stereocenters. The van der Waals surface area contributed by atoms with Crippen molar-refractivity contribution in [2.45, 2.75) is 44.9 Å². The number of nitrogens with two attached hydrogens (primary N) is 1. The second-order valence-electron chi connectivity index (χ2n) is 3.37. The lowest BCUT2D eigenvalue weighted by molar-refractivity contribution is -0.537. The van der Waals surface area contributed by atoms with Gasteiger partial charge in [0, 0.05) is 19.8 Å². The molecule has 0 aromatic carbocycles. The number of nitrogens with one attached hydrogen (secondary N) is 1. The molecule has 0 fully saturated rings. The molecule has 0 heterocycles. The Bertz CT molecular complexity index is 167. The highest BCUT2D eigenvalue weighted by atomic mass is 32.2. The van der Waals surface area contributed by atoms with Crippen LogP contribution < -0.4 is 9.71 Å². The molecule has 0 radical (unpaired) electrons. The fourth-order valence-corrected chi connectivity index (χ4v) is 2.26. The fourth-order valence-electron chi connectivity index (χ4n) is 1.08. The number of quaternary nitrogens is 1. The van der Waals surface area contributed by atoms with E-state index in [0.29, 0.717) is 0 Å². The summed E-state index contributed by atoms with van der Waals surface area (Å²) in [4.78, 5) is 3.23. The van der Waals surface area contributed by atoms with Crippen LogP contribution in [-0.2, 0) is 0 Å². The highest BCUT2D eigenvalue weighted by Gasteiger charge is 2.24. The van der Waals surface area contributed by atoms with Crippen LogP contribution in [0, 0.1) is 0 Å². The molecule has 0 aromatic heterocycles. The number of rotatable bonds is 5. The van der Waals surface area contributed by atoms with Crippen molar-refractivity contribution in [3.05, 3.63) is 0 Å². The smallest absolute Gasteiger partial charge is 0.262 e. The third kappa shape index (κ3) is 6.41. The molecule has 0 rings (SSSR count).